The van der Waals surface area contributed by atoms with Gasteiger partial charge in [-0.3, -0.25) is 9.20 Å². The Balaban J connectivity index is 1.58. The summed E-state index contributed by atoms with van der Waals surface area (Å²) in [6, 6.07) is 12.0. The van der Waals surface area contributed by atoms with E-state index in [1.807, 2.05) is 28.8 Å². The maximum absolute atomic E-state index is 12.1. The topological polar surface area (TPSA) is 85.6 Å². The smallest absolute Gasteiger partial charge is 0.337 e. The number of benzene rings is 1. The fourth-order valence-electron chi connectivity index (χ4n) is 2.33. The van der Waals surface area contributed by atoms with Gasteiger partial charge in [-0.15, -0.1) is 10.2 Å². The summed E-state index contributed by atoms with van der Waals surface area (Å²) < 4.78 is 6.51. The Bertz CT molecular complexity index is 871. The van der Waals surface area contributed by atoms with E-state index in [1.54, 1.807) is 24.3 Å². The first-order valence-electron chi connectivity index (χ1n) is 7.44. The molecule has 2 aromatic heterocycles. The highest BCUT2D eigenvalue weighted by Crippen LogP contribution is 2.06. The zero-order valence-corrected chi connectivity index (χ0v) is 13.1. The van der Waals surface area contributed by atoms with Crippen molar-refractivity contribution in [3.8, 4) is 0 Å². The molecule has 0 aliphatic heterocycles. The summed E-state index contributed by atoms with van der Waals surface area (Å²) in [5.74, 6) is 0.146. The maximum atomic E-state index is 12.1. The highest BCUT2D eigenvalue weighted by Gasteiger charge is 2.09. The minimum Gasteiger partial charge on any atom is -0.465 e. The van der Waals surface area contributed by atoms with E-state index >= 15 is 0 Å². The largest absolute Gasteiger partial charge is 0.465 e. The Labute approximate surface area is 138 Å². The maximum Gasteiger partial charge on any atom is 0.337 e. The Morgan fingerprint density at radius 3 is 2.58 bits per heavy atom. The molecule has 7 heteroatoms. The molecule has 1 aromatic carbocycles. The molecule has 0 radical (unpaired) electrons. The van der Waals surface area contributed by atoms with Crippen molar-refractivity contribution >= 4 is 17.5 Å². The molecule has 0 saturated heterocycles. The highest BCUT2D eigenvalue weighted by atomic mass is 16.5. The number of fused-ring (bicyclic) bond motifs is 1. The van der Waals surface area contributed by atoms with Crippen molar-refractivity contribution in [1.29, 1.82) is 0 Å². The van der Waals surface area contributed by atoms with Gasteiger partial charge < -0.3 is 10.1 Å². The van der Waals surface area contributed by atoms with Crippen molar-refractivity contribution in [3.63, 3.8) is 0 Å². The molecule has 0 saturated carbocycles. The van der Waals surface area contributed by atoms with Crippen LogP contribution in [0.1, 0.15) is 26.5 Å². The van der Waals surface area contributed by atoms with Crippen LogP contribution in [0.4, 0.5) is 0 Å². The lowest BCUT2D eigenvalue weighted by atomic mass is 10.1. The molecule has 0 fully saturated rings. The van der Waals surface area contributed by atoms with Gasteiger partial charge in [0, 0.05) is 24.7 Å². The molecule has 3 aromatic rings. The van der Waals surface area contributed by atoms with Gasteiger partial charge in [0.15, 0.2) is 5.65 Å². The van der Waals surface area contributed by atoms with Crippen molar-refractivity contribution in [3.05, 3.63) is 65.6 Å². The molecule has 2 heterocycles. The molecular formula is C17H16N4O3. The summed E-state index contributed by atoms with van der Waals surface area (Å²) in [7, 11) is 1.32. The molecule has 0 spiro atoms. The second-order valence-corrected chi connectivity index (χ2v) is 5.12. The molecule has 122 valence electrons. The SMILES string of the molecule is COC(=O)c1ccc(C(=O)NCCc2nnc3ccccn23)cc1. The van der Waals surface area contributed by atoms with Crippen LogP contribution >= 0.6 is 0 Å². The highest BCUT2D eigenvalue weighted by molar-refractivity contribution is 5.96. The third-order valence-electron chi connectivity index (χ3n) is 3.59. The van der Waals surface area contributed by atoms with Crippen molar-refractivity contribution in [1.82, 2.24) is 19.9 Å². The van der Waals surface area contributed by atoms with Gasteiger partial charge in [-0.1, -0.05) is 6.07 Å². The second kappa shape index (κ2) is 6.91. The number of rotatable bonds is 5. The van der Waals surface area contributed by atoms with Gasteiger partial charge in [0.05, 0.1) is 12.7 Å². The molecule has 7 nitrogen and oxygen atoms in total. The zero-order chi connectivity index (χ0) is 16.9. The standard InChI is InChI=1S/C17H16N4O3/c1-24-17(23)13-7-5-12(6-8-13)16(22)18-10-9-15-20-19-14-4-2-3-11-21(14)15/h2-8,11H,9-10H2,1H3,(H,18,22). The van der Waals surface area contributed by atoms with E-state index in [0.717, 1.165) is 11.5 Å². The minimum atomic E-state index is -0.430. The number of carbonyl (C=O) groups is 2. The Morgan fingerprint density at radius 2 is 1.83 bits per heavy atom. The van der Waals surface area contributed by atoms with Crippen LogP contribution in [0.3, 0.4) is 0 Å². The molecule has 0 aliphatic carbocycles. The summed E-state index contributed by atoms with van der Waals surface area (Å²) in [5.41, 5.74) is 1.66. The number of hydrogen-bond acceptors (Lipinski definition) is 5. The van der Waals surface area contributed by atoms with Gasteiger partial charge in [0.2, 0.25) is 0 Å². The van der Waals surface area contributed by atoms with Gasteiger partial charge >= 0.3 is 5.97 Å². The van der Waals surface area contributed by atoms with Crippen molar-refractivity contribution in [2.45, 2.75) is 6.42 Å². The fourth-order valence-corrected chi connectivity index (χ4v) is 2.33. The van der Waals surface area contributed by atoms with E-state index in [2.05, 4.69) is 20.3 Å². The van der Waals surface area contributed by atoms with Crippen molar-refractivity contribution in [2.24, 2.45) is 0 Å². The first-order chi connectivity index (χ1) is 11.7. The molecule has 0 bridgehead atoms. The van der Waals surface area contributed by atoms with E-state index in [0.29, 0.717) is 24.1 Å². The van der Waals surface area contributed by atoms with Gasteiger partial charge in [0.25, 0.3) is 5.91 Å². The van der Waals surface area contributed by atoms with Crippen LogP contribution in [0.15, 0.2) is 48.7 Å². The average molecular weight is 324 g/mol. The van der Waals surface area contributed by atoms with Crippen LogP contribution in [0.25, 0.3) is 5.65 Å². The number of nitrogens with zero attached hydrogens (tertiary/aromatic N) is 3. The van der Waals surface area contributed by atoms with Crippen LogP contribution in [0.2, 0.25) is 0 Å². The number of carbonyl (C=O) groups excluding carboxylic acids is 2. The molecular weight excluding hydrogens is 308 g/mol. The fraction of sp³-hybridized carbons (Fsp3) is 0.176. The lowest BCUT2D eigenvalue weighted by molar-refractivity contribution is 0.0600. The van der Waals surface area contributed by atoms with Crippen LogP contribution < -0.4 is 5.32 Å². The Kier molecular flexibility index (Phi) is 4.51. The molecule has 1 N–H and O–H groups in total. The first-order valence-corrected chi connectivity index (χ1v) is 7.44. The number of methoxy groups -OCH3 is 1. The summed E-state index contributed by atoms with van der Waals surface area (Å²) in [5, 5.41) is 11.0. The number of nitrogens with one attached hydrogen (secondary N) is 1. The number of esters is 1. The number of hydrogen-bond donors (Lipinski definition) is 1. The normalized spacial score (nSPS) is 10.5. The van der Waals surface area contributed by atoms with Crippen molar-refractivity contribution in [2.75, 3.05) is 13.7 Å². The monoisotopic (exact) mass is 324 g/mol. The first kappa shape index (κ1) is 15.7. The van der Waals surface area contributed by atoms with Crippen molar-refractivity contribution < 1.29 is 14.3 Å². The van der Waals surface area contributed by atoms with Gasteiger partial charge in [-0.25, -0.2) is 4.79 Å². The van der Waals surface area contributed by atoms with Gasteiger partial charge in [-0.05, 0) is 36.4 Å². The van der Waals surface area contributed by atoms with E-state index < -0.39 is 5.97 Å². The second-order valence-electron chi connectivity index (χ2n) is 5.12. The third kappa shape index (κ3) is 3.24. The van der Waals surface area contributed by atoms with Gasteiger partial charge in [-0.2, -0.15) is 0 Å². The number of pyridine rings is 1. The quantitative estimate of drug-likeness (QED) is 0.719. The predicted octanol–water partition coefficient (Wildman–Crippen LogP) is 1.49. The molecule has 24 heavy (non-hydrogen) atoms. The molecule has 3 rings (SSSR count). The summed E-state index contributed by atoms with van der Waals surface area (Å²) in [6.45, 7) is 0.438. The third-order valence-corrected chi connectivity index (χ3v) is 3.59. The molecule has 1 amide bonds. The number of amides is 1. The van der Waals surface area contributed by atoms with E-state index in [-0.39, 0.29) is 5.91 Å². The lowest BCUT2D eigenvalue weighted by Crippen LogP contribution is -2.26. The molecule has 0 unspecified atom stereocenters. The van der Waals surface area contributed by atoms with E-state index in [9.17, 15) is 9.59 Å². The van der Waals surface area contributed by atoms with Crippen LogP contribution in [-0.4, -0.2) is 40.1 Å². The lowest BCUT2D eigenvalue weighted by Gasteiger charge is -2.05. The van der Waals surface area contributed by atoms with E-state index in [1.165, 1.54) is 7.11 Å². The minimum absolute atomic E-state index is 0.208. The van der Waals surface area contributed by atoms with Crippen LogP contribution in [0, 0.1) is 0 Å². The van der Waals surface area contributed by atoms with Crippen LogP contribution in [0.5, 0.6) is 0 Å². The molecule has 0 atom stereocenters. The summed E-state index contributed by atoms with van der Waals surface area (Å²) in [4.78, 5) is 23.5. The van der Waals surface area contributed by atoms with Gasteiger partial charge in [0.1, 0.15) is 5.82 Å². The number of aromatic nitrogens is 3. The Hall–Kier alpha value is -3.22. The zero-order valence-electron chi connectivity index (χ0n) is 13.1. The van der Waals surface area contributed by atoms with Crippen LogP contribution in [-0.2, 0) is 11.2 Å². The Morgan fingerprint density at radius 1 is 1.08 bits per heavy atom. The average Bonchev–Trinajstić information content (AvgIpc) is 3.04. The summed E-state index contributed by atoms with van der Waals surface area (Å²) >= 11 is 0. The summed E-state index contributed by atoms with van der Waals surface area (Å²) in [6.07, 6.45) is 2.45. The predicted molar refractivity (Wildman–Crippen MR) is 86.8 cm³/mol. The van der Waals surface area contributed by atoms with E-state index in [4.69, 9.17) is 0 Å². The number of ether oxygens (including phenoxy) is 1. The molecule has 0 aliphatic rings.